The van der Waals surface area contributed by atoms with Crippen LogP contribution in [0.15, 0.2) is 47.4 Å². The van der Waals surface area contributed by atoms with Crippen LogP contribution in [0.4, 0.5) is 5.69 Å². The van der Waals surface area contributed by atoms with Crippen molar-refractivity contribution in [3.63, 3.8) is 0 Å². The van der Waals surface area contributed by atoms with Gasteiger partial charge in [0, 0.05) is 18.1 Å². The van der Waals surface area contributed by atoms with Gasteiger partial charge in [-0.1, -0.05) is 22.9 Å². The zero-order chi connectivity index (χ0) is 14.7. The molecular weight excluding hydrogens is 270 g/mol. The van der Waals surface area contributed by atoms with Gasteiger partial charge in [-0.15, -0.1) is 0 Å². The topological polar surface area (TPSA) is 93.8 Å². The zero-order valence-corrected chi connectivity index (χ0v) is 11.1. The predicted molar refractivity (Wildman–Crippen MR) is 74.5 cm³/mol. The van der Waals surface area contributed by atoms with Crippen molar-refractivity contribution in [2.75, 3.05) is 5.32 Å². The molecule has 0 aliphatic heterocycles. The molecule has 3 rings (SSSR count). The Bertz CT molecular complexity index is 753. The Morgan fingerprint density at radius 1 is 1.19 bits per heavy atom. The Morgan fingerprint density at radius 2 is 2.00 bits per heavy atom. The van der Waals surface area contributed by atoms with Crippen LogP contribution in [0, 0.1) is 6.92 Å². The molecule has 2 heterocycles. The van der Waals surface area contributed by atoms with Gasteiger partial charge >= 0.3 is 11.8 Å². The predicted octanol–water partition coefficient (Wildman–Crippen LogP) is 2.09. The smallest absolute Gasteiger partial charge is 0.316 e. The number of carbonyl (C=O) groups is 1. The van der Waals surface area contributed by atoms with Gasteiger partial charge in [0.1, 0.15) is 5.69 Å². The van der Waals surface area contributed by atoms with Crippen LogP contribution in [0.3, 0.4) is 0 Å². The summed E-state index contributed by atoms with van der Waals surface area (Å²) in [5, 5.41) is 6.39. The lowest BCUT2D eigenvalue weighted by Gasteiger charge is -2.01. The summed E-state index contributed by atoms with van der Waals surface area (Å²) in [6, 6.07) is 7.39. The Labute approximate surface area is 120 Å². The van der Waals surface area contributed by atoms with E-state index < -0.39 is 5.91 Å². The summed E-state index contributed by atoms with van der Waals surface area (Å²) in [6.07, 6.45) is 4.54. The van der Waals surface area contributed by atoms with Gasteiger partial charge in [-0.25, -0.2) is 4.98 Å². The monoisotopic (exact) mass is 281 g/mol. The van der Waals surface area contributed by atoms with Gasteiger partial charge in [-0.3, -0.25) is 9.78 Å². The fraction of sp³-hybridized carbons (Fsp3) is 0.0714. The molecule has 104 valence electrons. The minimum atomic E-state index is -0.471. The highest BCUT2D eigenvalue weighted by Crippen LogP contribution is 2.13. The second-order valence-electron chi connectivity index (χ2n) is 4.33. The molecule has 1 aromatic carbocycles. The molecule has 1 amide bonds. The minimum Gasteiger partial charge on any atom is -0.328 e. The number of carbonyl (C=O) groups excluding carboxylic acids is 1. The van der Waals surface area contributed by atoms with E-state index in [1.54, 1.807) is 12.1 Å². The molecule has 0 aliphatic carbocycles. The molecule has 0 bridgehead atoms. The average molecular weight is 281 g/mol. The van der Waals surface area contributed by atoms with Gasteiger partial charge < -0.3 is 9.84 Å². The van der Waals surface area contributed by atoms with Gasteiger partial charge in [-0.2, -0.15) is 4.98 Å². The molecule has 21 heavy (non-hydrogen) atoms. The number of hydrogen-bond donors (Lipinski definition) is 1. The third kappa shape index (κ3) is 2.92. The molecule has 7 nitrogen and oxygen atoms in total. The van der Waals surface area contributed by atoms with E-state index in [9.17, 15) is 4.79 Å². The Kier molecular flexibility index (Phi) is 3.38. The normalized spacial score (nSPS) is 10.3. The standard InChI is InChI=1S/C14H11N5O2/c1-9-2-4-10(5-3-9)17-13(20)14-18-12(19-21-14)11-8-15-6-7-16-11/h2-8H,1H3,(H,17,20). The molecule has 0 unspecified atom stereocenters. The van der Waals surface area contributed by atoms with E-state index in [-0.39, 0.29) is 11.7 Å². The summed E-state index contributed by atoms with van der Waals surface area (Å²) in [4.78, 5) is 23.9. The lowest BCUT2D eigenvalue weighted by Crippen LogP contribution is -2.12. The SMILES string of the molecule is Cc1ccc(NC(=O)c2nc(-c3cnccn3)no2)cc1. The second-order valence-corrected chi connectivity index (χ2v) is 4.33. The van der Waals surface area contributed by atoms with Crippen molar-refractivity contribution < 1.29 is 9.32 Å². The van der Waals surface area contributed by atoms with Crippen LogP contribution < -0.4 is 5.32 Å². The number of aromatic nitrogens is 4. The first-order valence-corrected chi connectivity index (χ1v) is 6.20. The van der Waals surface area contributed by atoms with E-state index >= 15 is 0 Å². The summed E-state index contributed by atoms with van der Waals surface area (Å²) >= 11 is 0. The number of rotatable bonds is 3. The van der Waals surface area contributed by atoms with Crippen molar-refractivity contribution in [2.24, 2.45) is 0 Å². The summed E-state index contributed by atoms with van der Waals surface area (Å²) in [6.45, 7) is 1.97. The van der Waals surface area contributed by atoms with E-state index in [1.807, 2.05) is 19.1 Å². The number of nitrogens with one attached hydrogen (secondary N) is 1. The van der Waals surface area contributed by atoms with Crippen LogP contribution in [0.25, 0.3) is 11.5 Å². The number of amides is 1. The summed E-state index contributed by atoms with van der Waals surface area (Å²) in [5.41, 5.74) is 2.20. The van der Waals surface area contributed by atoms with Gasteiger partial charge in [-0.05, 0) is 19.1 Å². The van der Waals surface area contributed by atoms with Crippen LogP contribution in [-0.2, 0) is 0 Å². The number of aryl methyl sites for hydroxylation is 1. The summed E-state index contributed by atoms with van der Waals surface area (Å²) in [7, 11) is 0. The maximum absolute atomic E-state index is 12.0. The molecule has 0 fully saturated rings. The molecule has 0 aliphatic rings. The van der Waals surface area contributed by atoms with Gasteiger partial charge in [0.25, 0.3) is 0 Å². The third-order valence-corrected chi connectivity index (χ3v) is 2.72. The van der Waals surface area contributed by atoms with E-state index in [0.29, 0.717) is 11.4 Å². The quantitative estimate of drug-likeness (QED) is 0.790. The first kappa shape index (κ1) is 12.9. The van der Waals surface area contributed by atoms with Crippen LogP contribution in [-0.4, -0.2) is 26.0 Å². The minimum absolute atomic E-state index is 0.128. The highest BCUT2D eigenvalue weighted by Gasteiger charge is 2.16. The number of benzene rings is 1. The molecular formula is C14H11N5O2. The molecule has 0 atom stereocenters. The summed E-state index contributed by atoms with van der Waals surface area (Å²) < 4.78 is 4.94. The molecule has 7 heteroatoms. The van der Waals surface area contributed by atoms with Crippen molar-refractivity contribution in [1.29, 1.82) is 0 Å². The fourth-order valence-corrected chi connectivity index (χ4v) is 1.66. The van der Waals surface area contributed by atoms with Crippen molar-refractivity contribution in [2.45, 2.75) is 6.92 Å². The molecule has 3 aromatic rings. The first-order valence-electron chi connectivity index (χ1n) is 6.20. The fourth-order valence-electron chi connectivity index (χ4n) is 1.66. The van der Waals surface area contributed by atoms with Crippen molar-refractivity contribution in [3.05, 3.63) is 54.3 Å². The van der Waals surface area contributed by atoms with Crippen LogP contribution in [0.2, 0.25) is 0 Å². The van der Waals surface area contributed by atoms with Crippen LogP contribution in [0.5, 0.6) is 0 Å². The second kappa shape index (κ2) is 5.49. The lowest BCUT2D eigenvalue weighted by atomic mass is 10.2. The van der Waals surface area contributed by atoms with Gasteiger partial charge in [0.05, 0.1) is 6.20 Å². The first-order chi connectivity index (χ1) is 10.2. The summed E-state index contributed by atoms with van der Waals surface area (Å²) in [5.74, 6) is -0.380. The van der Waals surface area contributed by atoms with Crippen molar-refractivity contribution in [1.82, 2.24) is 20.1 Å². The van der Waals surface area contributed by atoms with Crippen LogP contribution >= 0.6 is 0 Å². The average Bonchev–Trinajstić information content (AvgIpc) is 3.00. The van der Waals surface area contributed by atoms with E-state index in [2.05, 4.69) is 25.4 Å². The molecule has 2 aromatic heterocycles. The molecule has 0 saturated heterocycles. The number of hydrogen-bond acceptors (Lipinski definition) is 6. The molecule has 0 spiro atoms. The maximum Gasteiger partial charge on any atom is 0.316 e. The Morgan fingerprint density at radius 3 is 2.71 bits per heavy atom. The van der Waals surface area contributed by atoms with Crippen molar-refractivity contribution >= 4 is 11.6 Å². The van der Waals surface area contributed by atoms with Gasteiger partial charge in [0.2, 0.25) is 5.82 Å². The molecule has 0 saturated carbocycles. The van der Waals surface area contributed by atoms with Crippen molar-refractivity contribution in [3.8, 4) is 11.5 Å². The third-order valence-electron chi connectivity index (χ3n) is 2.72. The lowest BCUT2D eigenvalue weighted by molar-refractivity contribution is 0.0981. The van der Waals surface area contributed by atoms with E-state index in [4.69, 9.17) is 4.52 Å². The number of anilines is 1. The highest BCUT2D eigenvalue weighted by atomic mass is 16.5. The number of nitrogens with zero attached hydrogens (tertiary/aromatic N) is 4. The van der Waals surface area contributed by atoms with E-state index in [1.165, 1.54) is 18.6 Å². The van der Waals surface area contributed by atoms with E-state index in [0.717, 1.165) is 5.56 Å². The maximum atomic E-state index is 12.0. The highest BCUT2D eigenvalue weighted by molar-refractivity contribution is 6.01. The Hall–Kier alpha value is -3.09. The Balaban J connectivity index is 1.77. The van der Waals surface area contributed by atoms with Gasteiger partial charge in [0.15, 0.2) is 0 Å². The van der Waals surface area contributed by atoms with Crippen LogP contribution in [0.1, 0.15) is 16.2 Å². The molecule has 0 radical (unpaired) electrons. The zero-order valence-electron chi connectivity index (χ0n) is 11.1. The largest absolute Gasteiger partial charge is 0.328 e. The molecule has 1 N–H and O–H groups in total.